The fourth-order valence-electron chi connectivity index (χ4n) is 2.60. The molecule has 0 aliphatic rings. The van der Waals surface area contributed by atoms with Gasteiger partial charge in [0.05, 0.1) is 25.2 Å². The first kappa shape index (κ1) is 15.5. The monoisotopic (exact) mass is 343 g/mol. The van der Waals surface area contributed by atoms with Gasteiger partial charge in [-0.2, -0.15) is 4.98 Å². The van der Waals surface area contributed by atoms with Gasteiger partial charge < -0.3 is 14.8 Å². The molecule has 0 saturated carbocycles. The lowest BCUT2D eigenvalue weighted by molar-refractivity contribution is 0.0499. The lowest BCUT2D eigenvalue weighted by Crippen LogP contribution is -2.14. The summed E-state index contributed by atoms with van der Waals surface area (Å²) in [5.41, 5.74) is 1.66. The maximum absolute atomic E-state index is 13.1. The molecule has 1 aromatic carbocycles. The molecule has 0 amide bonds. The van der Waals surface area contributed by atoms with Crippen LogP contribution < -0.4 is 5.56 Å². The molecule has 3 aromatic heterocycles. The van der Waals surface area contributed by atoms with Crippen LogP contribution in [0.2, 0.25) is 0 Å². The van der Waals surface area contributed by atoms with Gasteiger partial charge >= 0.3 is 0 Å². The summed E-state index contributed by atoms with van der Waals surface area (Å²) in [6.07, 6.45) is 3.08. The third-order valence-electron chi connectivity index (χ3n) is 3.80. The second-order valence-electron chi connectivity index (χ2n) is 5.43. The molecule has 0 bridgehead atoms. The van der Waals surface area contributed by atoms with Crippen LogP contribution in [0.1, 0.15) is 0 Å². The minimum atomic E-state index is -0.331. The number of aliphatic hydroxyl groups excluding tert-OH is 1. The Morgan fingerprint density at radius 2 is 2.08 bits per heavy atom. The molecular weight excluding hydrogens is 329 g/mol. The zero-order valence-corrected chi connectivity index (χ0v) is 13.0. The van der Waals surface area contributed by atoms with Crippen LogP contribution in [-0.4, -0.2) is 42.2 Å². The van der Waals surface area contributed by atoms with Crippen molar-refractivity contribution < 1.29 is 14.2 Å². The first-order chi connectivity index (χ1) is 12.2. The van der Waals surface area contributed by atoms with E-state index in [2.05, 4.69) is 15.0 Å². The lowest BCUT2D eigenvalue weighted by atomic mass is 10.2. The number of aromatic amines is 1. The van der Waals surface area contributed by atoms with Crippen LogP contribution in [-0.2, 0) is 11.5 Å². The number of rotatable bonds is 5. The first-order valence-electron chi connectivity index (χ1n) is 7.58. The van der Waals surface area contributed by atoms with E-state index in [1.807, 2.05) is 0 Å². The zero-order valence-electron chi connectivity index (χ0n) is 13.0. The molecule has 0 saturated heterocycles. The normalized spacial score (nSPS) is 11.6. The van der Waals surface area contributed by atoms with Gasteiger partial charge in [-0.15, -0.1) is 0 Å². The van der Waals surface area contributed by atoms with Crippen molar-refractivity contribution in [1.29, 1.82) is 0 Å². The van der Waals surface area contributed by atoms with Crippen LogP contribution in [0.4, 0.5) is 4.39 Å². The maximum atomic E-state index is 13.1. The van der Waals surface area contributed by atoms with Crippen LogP contribution in [0.5, 0.6) is 0 Å². The summed E-state index contributed by atoms with van der Waals surface area (Å²) < 4.78 is 21.3. The topological polar surface area (TPSA) is 97.4 Å². The predicted octanol–water partition coefficient (Wildman–Crippen LogP) is 1.14. The lowest BCUT2D eigenvalue weighted by Gasteiger charge is -2.03. The maximum Gasteiger partial charge on any atom is 0.287 e. The number of aromatic nitrogens is 5. The Morgan fingerprint density at radius 1 is 1.28 bits per heavy atom. The summed E-state index contributed by atoms with van der Waals surface area (Å²) in [7, 11) is 0. The SMILES string of the molecule is O=c1c2ncn(COCCO)c2nc2[nH]c(-c3ccc(F)cc3)cn12. The highest BCUT2D eigenvalue weighted by molar-refractivity contribution is 5.73. The average molecular weight is 343 g/mol. The Bertz CT molecular complexity index is 1100. The molecule has 0 atom stereocenters. The number of hydrogen-bond donors (Lipinski definition) is 2. The van der Waals surface area contributed by atoms with E-state index in [-0.39, 0.29) is 36.8 Å². The van der Waals surface area contributed by atoms with Gasteiger partial charge in [0.2, 0.25) is 5.78 Å². The molecule has 0 fully saturated rings. The van der Waals surface area contributed by atoms with E-state index in [0.717, 1.165) is 5.56 Å². The molecule has 4 aromatic rings. The number of halogens is 1. The largest absolute Gasteiger partial charge is 0.394 e. The highest BCUT2D eigenvalue weighted by atomic mass is 19.1. The summed E-state index contributed by atoms with van der Waals surface area (Å²) in [6, 6.07) is 5.93. The van der Waals surface area contributed by atoms with E-state index in [0.29, 0.717) is 17.1 Å². The second kappa shape index (κ2) is 6.11. The Balaban J connectivity index is 1.81. The standard InChI is InChI=1S/C16H14FN5O3/c17-11-3-1-10(2-4-11)12-7-22-15(24)13-14(20-16(22)19-12)21(8-18-13)9-25-6-5-23/h1-4,7-8,23H,5-6,9H2,(H,19,20). The number of nitrogens with one attached hydrogen (secondary N) is 1. The fraction of sp³-hybridized carbons (Fsp3) is 0.188. The Morgan fingerprint density at radius 3 is 2.84 bits per heavy atom. The predicted molar refractivity (Wildman–Crippen MR) is 87.5 cm³/mol. The van der Waals surface area contributed by atoms with Crippen molar-refractivity contribution >= 4 is 16.9 Å². The molecule has 0 aliphatic heterocycles. The van der Waals surface area contributed by atoms with E-state index in [1.165, 1.54) is 22.9 Å². The number of fused-ring (bicyclic) bond motifs is 2. The smallest absolute Gasteiger partial charge is 0.287 e. The minimum absolute atomic E-state index is 0.0926. The summed E-state index contributed by atoms with van der Waals surface area (Å²) in [5, 5.41) is 8.77. The summed E-state index contributed by atoms with van der Waals surface area (Å²) in [5.74, 6) is 0.0164. The molecule has 3 heterocycles. The van der Waals surface area contributed by atoms with Crippen molar-refractivity contribution in [2.45, 2.75) is 6.73 Å². The van der Waals surface area contributed by atoms with Gasteiger partial charge in [0.1, 0.15) is 12.5 Å². The Hall–Kier alpha value is -3.04. The molecule has 9 heteroatoms. The van der Waals surface area contributed by atoms with Crippen LogP contribution in [0.25, 0.3) is 28.2 Å². The first-order valence-corrected chi connectivity index (χ1v) is 7.58. The molecule has 128 valence electrons. The van der Waals surface area contributed by atoms with Gasteiger partial charge in [-0.05, 0) is 29.8 Å². The number of nitrogens with zero attached hydrogens (tertiary/aromatic N) is 4. The number of hydrogen-bond acceptors (Lipinski definition) is 5. The molecule has 0 radical (unpaired) electrons. The minimum Gasteiger partial charge on any atom is -0.394 e. The summed E-state index contributed by atoms with van der Waals surface area (Å²) in [6.45, 7) is 0.216. The fourth-order valence-corrected chi connectivity index (χ4v) is 2.60. The number of H-pyrrole nitrogens is 1. The van der Waals surface area contributed by atoms with Crippen molar-refractivity contribution in [3.05, 3.63) is 53.0 Å². The molecule has 0 spiro atoms. The molecule has 0 aliphatic carbocycles. The molecule has 8 nitrogen and oxygen atoms in total. The van der Waals surface area contributed by atoms with Crippen molar-refractivity contribution in [2.24, 2.45) is 0 Å². The number of imidazole rings is 2. The quantitative estimate of drug-likeness (QED) is 0.530. The van der Waals surface area contributed by atoms with E-state index < -0.39 is 0 Å². The number of benzene rings is 1. The van der Waals surface area contributed by atoms with Crippen molar-refractivity contribution in [3.63, 3.8) is 0 Å². The molecule has 25 heavy (non-hydrogen) atoms. The Kier molecular flexibility index (Phi) is 3.79. The van der Waals surface area contributed by atoms with Gasteiger partial charge in [0.25, 0.3) is 5.56 Å². The van der Waals surface area contributed by atoms with E-state index in [4.69, 9.17) is 9.84 Å². The van der Waals surface area contributed by atoms with Gasteiger partial charge in [-0.1, -0.05) is 0 Å². The highest BCUT2D eigenvalue weighted by Gasteiger charge is 2.14. The van der Waals surface area contributed by atoms with Crippen molar-refractivity contribution in [1.82, 2.24) is 23.9 Å². The number of ether oxygens (including phenoxy) is 1. The molecule has 2 N–H and O–H groups in total. The van der Waals surface area contributed by atoms with Crippen LogP contribution in [0.15, 0.2) is 41.6 Å². The summed E-state index contributed by atoms with van der Waals surface area (Å²) >= 11 is 0. The highest BCUT2D eigenvalue weighted by Crippen LogP contribution is 2.19. The molecule has 0 unspecified atom stereocenters. The van der Waals surface area contributed by atoms with Crippen LogP contribution in [0, 0.1) is 5.82 Å². The van der Waals surface area contributed by atoms with Gasteiger partial charge in [-0.3, -0.25) is 9.36 Å². The van der Waals surface area contributed by atoms with Crippen LogP contribution >= 0.6 is 0 Å². The van der Waals surface area contributed by atoms with E-state index >= 15 is 0 Å². The van der Waals surface area contributed by atoms with E-state index in [9.17, 15) is 9.18 Å². The van der Waals surface area contributed by atoms with Crippen molar-refractivity contribution in [2.75, 3.05) is 13.2 Å². The van der Waals surface area contributed by atoms with Crippen LogP contribution in [0.3, 0.4) is 0 Å². The third-order valence-corrected chi connectivity index (χ3v) is 3.80. The molecule has 4 rings (SSSR count). The molecular formula is C16H14FN5O3. The second-order valence-corrected chi connectivity index (χ2v) is 5.43. The Labute approximate surface area is 140 Å². The zero-order chi connectivity index (χ0) is 17.4. The van der Waals surface area contributed by atoms with E-state index in [1.54, 1.807) is 22.9 Å². The van der Waals surface area contributed by atoms with Gasteiger partial charge in [0.15, 0.2) is 11.2 Å². The van der Waals surface area contributed by atoms with Gasteiger partial charge in [0, 0.05) is 6.20 Å². The number of aliphatic hydroxyl groups is 1. The summed E-state index contributed by atoms with van der Waals surface area (Å²) in [4.78, 5) is 24.2. The van der Waals surface area contributed by atoms with Gasteiger partial charge in [-0.25, -0.2) is 13.8 Å². The third kappa shape index (κ3) is 2.69. The average Bonchev–Trinajstić information content (AvgIpc) is 3.21. The van der Waals surface area contributed by atoms with Crippen molar-refractivity contribution in [3.8, 4) is 11.3 Å².